The number of methoxy groups -OCH3 is 1. The van der Waals surface area contributed by atoms with E-state index in [4.69, 9.17) is 13.9 Å². The van der Waals surface area contributed by atoms with Gasteiger partial charge in [0.05, 0.1) is 24.5 Å². The summed E-state index contributed by atoms with van der Waals surface area (Å²) in [5.74, 6) is 1.27. The monoisotopic (exact) mass is 376 g/mol. The summed E-state index contributed by atoms with van der Waals surface area (Å²) in [6, 6.07) is 9.38. The van der Waals surface area contributed by atoms with Gasteiger partial charge in [0, 0.05) is 11.1 Å². The van der Waals surface area contributed by atoms with Crippen molar-refractivity contribution < 1.29 is 18.7 Å². The van der Waals surface area contributed by atoms with E-state index in [-0.39, 0.29) is 17.8 Å². The number of hydrogen-bond acceptors (Lipinski definition) is 5. The molecule has 5 nitrogen and oxygen atoms in total. The number of para-hydroxylation sites is 1. The molecule has 3 aromatic rings. The molecule has 142 valence electrons. The van der Waals surface area contributed by atoms with Gasteiger partial charge in [0.15, 0.2) is 5.78 Å². The van der Waals surface area contributed by atoms with Crippen LogP contribution in [0.4, 0.5) is 0 Å². The lowest BCUT2D eigenvalue weighted by Gasteiger charge is -2.29. The summed E-state index contributed by atoms with van der Waals surface area (Å²) in [4.78, 5) is 25.4. The zero-order valence-corrected chi connectivity index (χ0v) is 15.8. The number of hydrogen-bond donors (Lipinski definition) is 0. The first-order chi connectivity index (χ1) is 13.6. The molecule has 28 heavy (non-hydrogen) atoms. The second-order valence-electron chi connectivity index (χ2n) is 7.45. The average molecular weight is 376 g/mol. The van der Waals surface area contributed by atoms with E-state index < -0.39 is 6.10 Å². The van der Waals surface area contributed by atoms with Crippen molar-refractivity contribution in [2.24, 2.45) is 0 Å². The van der Waals surface area contributed by atoms with E-state index in [2.05, 4.69) is 0 Å². The number of fused-ring (bicyclic) bond motifs is 5. The molecule has 0 unspecified atom stereocenters. The molecule has 2 heterocycles. The Kier molecular flexibility index (Phi) is 3.79. The molecular formula is C23H20O5. The Balaban J connectivity index is 1.77. The summed E-state index contributed by atoms with van der Waals surface area (Å²) in [6.07, 6.45) is 2.22. The van der Waals surface area contributed by atoms with Crippen molar-refractivity contribution in [1.29, 1.82) is 0 Å². The molecule has 5 heteroatoms. The molecule has 1 aliphatic heterocycles. The fraction of sp³-hybridized carbons (Fsp3) is 0.304. The van der Waals surface area contributed by atoms with Gasteiger partial charge in [-0.3, -0.25) is 4.79 Å². The lowest BCUT2D eigenvalue weighted by atomic mass is 9.90. The van der Waals surface area contributed by atoms with E-state index in [9.17, 15) is 9.59 Å². The van der Waals surface area contributed by atoms with Gasteiger partial charge in [0.1, 0.15) is 23.2 Å². The van der Waals surface area contributed by atoms with Crippen LogP contribution in [0.3, 0.4) is 0 Å². The first-order valence-electron chi connectivity index (χ1n) is 9.53. The Morgan fingerprint density at radius 1 is 1.11 bits per heavy atom. The Labute approximate surface area is 161 Å². The van der Waals surface area contributed by atoms with Crippen LogP contribution in [0, 0.1) is 6.92 Å². The van der Waals surface area contributed by atoms with Crippen molar-refractivity contribution in [2.75, 3.05) is 7.11 Å². The molecule has 0 amide bonds. The number of ketones is 1. The largest absolute Gasteiger partial charge is 0.496 e. The third kappa shape index (κ3) is 2.39. The van der Waals surface area contributed by atoms with Crippen LogP contribution in [0.15, 0.2) is 39.5 Å². The van der Waals surface area contributed by atoms with Crippen molar-refractivity contribution in [3.63, 3.8) is 0 Å². The van der Waals surface area contributed by atoms with Gasteiger partial charge in [-0.25, -0.2) is 4.79 Å². The maximum atomic E-state index is 13.1. The summed E-state index contributed by atoms with van der Waals surface area (Å²) >= 11 is 0. The van der Waals surface area contributed by atoms with Crippen LogP contribution in [-0.4, -0.2) is 12.9 Å². The third-order valence-corrected chi connectivity index (χ3v) is 5.81. The Bertz CT molecular complexity index is 1190. The van der Waals surface area contributed by atoms with Crippen molar-refractivity contribution >= 4 is 16.8 Å². The van der Waals surface area contributed by atoms with E-state index in [1.165, 1.54) is 0 Å². The maximum absolute atomic E-state index is 13.1. The second-order valence-corrected chi connectivity index (χ2v) is 7.45. The molecule has 0 N–H and O–H groups in total. The molecule has 0 fully saturated rings. The molecule has 5 rings (SSSR count). The number of carbonyl (C=O) groups excluding carboxylic acids is 1. The van der Waals surface area contributed by atoms with Crippen molar-refractivity contribution in [1.82, 2.24) is 0 Å². The van der Waals surface area contributed by atoms with Gasteiger partial charge in [-0.2, -0.15) is 0 Å². The fourth-order valence-electron chi connectivity index (χ4n) is 4.55. The molecule has 0 radical (unpaired) electrons. The Hall–Kier alpha value is -3.08. The van der Waals surface area contributed by atoms with Gasteiger partial charge in [0.2, 0.25) is 0 Å². The van der Waals surface area contributed by atoms with Crippen LogP contribution in [0.1, 0.15) is 51.6 Å². The molecule has 1 aliphatic carbocycles. The molecule has 0 spiro atoms. The van der Waals surface area contributed by atoms with Crippen molar-refractivity contribution in [3.05, 3.63) is 68.6 Å². The SMILES string of the molecule is COc1ccccc1[C@@H]1CC(=O)c2c(C)cc3oc(=O)c4c(c3c2O1)CCC4. The first kappa shape index (κ1) is 17.0. The van der Waals surface area contributed by atoms with Crippen LogP contribution in [0.25, 0.3) is 11.0 Å². The molecule has 0 saturated carbocycles. The van der Waals surface area contributed by atoms with Crippen LogP contribution < -0.4 is 15.1 Å². The van der Waals surface area contributed by atoms with E-state index in [0.717, 1.165) is 34.9 Å². The topological polar surface area (TPSA) is 65.7 Å². The molecule has 0 bridgehead atoms. The Morgan fingerprint density at radius 3 is 2.71 bits per heavy atom. The number of ether oxygens (including phenoxy) is 2. The smallest absolute Gasteiger partial charge is 0.339 e. The van der Waals surface area contributed by atoms with Crippen LogP contribution in [0.5, 0.6) is 11.5 Å². The Morgan fingerprint density at radius 2 is 1.89 bits per heavy atom. The van der Waals surface area contributed by atoms with E-state index in [1.807, 2.05) is 31.2 Å². The van der Waals surface area contributed by atoms with E-state index in [0.29, 0.717) is 34.6 Å². The van der Waals surface area contributed by atoms with Crippen molar-refractivity contribution in [2.45, 2.75) is 38.7 Å². The van der Waals surface area contributed by atoms with Crippen LogP contribution in [0.2, 0.25) is 0 Å². The first-order valence-corrected chi connectivity index (χ1v) is 9.53. The molecule has 1 atom stereocenters. The maximum Gasteiger partial charge on any atom is 0.339 e. The number of rotatable bonds is 2. The molecule has 2 aromatic carbocycles. The highest BCUT2D eigenvalue weighted by atomic mass is 16.5. The molecular weight excluding hydrogens is 356 g/mol. The highest BCUT2D eigenvalue weighted by molar-refractivity contribution is 6.07. The predicted octanol–water partition coefficient (Wildman–Crippen LogP) is 4.31. The molecule has 0 saturated heterocycles. The normalized spacial score (nSPS) is 17.9. The number of Topliss-reactive ketones (excluding diaryl/α,β-unsaturated/α-hetero) is 1. The minimum absolute atomic E-state index is 0.0366. The average Bonchev–Trinajstić information content (AvgIpc) is 3.17. The summed E-state index contributed by atoms with van der Waals surface area (Å²) in [5.41, 5.74) is 4.12. The summed E-state index contributed by atoms with van der Waals surface area (Å²) in [7, 11) is 1.61. The standard InChI is InChI=1S/C23H20O5/c1-12-10-19-21(13-7-5-8-14(13)23(25)28-19)22-20(12)16(24)11-18(27-22)15-6-3-4-9-17(15)26-2/h3-4,6,9-10,18H,5,7-8,11H2,1-2H3/t18-/m0/s1. The highest BCUT2D eigenvalue weighted by Gasteiger charge is 2.34. The van der Waals surface area contributed by atoms with Gasteiger partial charge < -0.3 is 13.9 Å². The number of benzene rings is 2. The summed E-state index contributed by atoms with van der Waals surface area (Å²) in [6.45, 7) is 1.86. The van der Waals surface area contributed by atoms with Crippen LogP contribution >= 0.6 is 0 Å². The third-order valence-electron chi connectivity index (χ3n) is 5.81. The lowest BCUT2D eigenvalue weighted by Crippen LogP contribution is -2.22. The summed E-state index contributed by atoms with van der Waals surface area (Å²) in [5, 5.41) is 0.778. The quantitative estimate of drug-likeness (QED) is 0.624. The van der Waals surface area contributed by atoms with Gasteiger partial charge in [-0.1, -0.05) is 18.2 Å². The molecule has 1 aromatic heterocycles. The zero-order chi connectivity index (χ0) is 19.4. The van der Waals surface area contributed by atoms with E-state index in [1.54, 1.807) is 13.2 Å². The van der Waals surface area contributed by atoms with Crippen molar-refractivity contribution in [3.8, 4) is 11.5 Å². The van der Waals surface area contributed by atoms with Crippen LogP contribution in [-0.2, 0) is 12.8 Å². The second kappa shape index (κ2) is 6.23. The van der Waals surface area contributed by atoms with E-state index >= 15 is 0 Å². The minimum Gasteiger partial charge on any atom is -0.496 e. The lowest BCUT2D eigenvalue weighted by molar-refractivity contribution is 0.0849. The zero-order valence-electron chi connectivity index (χ0n) is 15.8. The number of aryl methyl sites for hydroxylation is 2. The predicted molar refractivity (Wildman–Crippen MR) is 105 cm³/mol. The van der Waals surface area contributed by atoms with Gasteiger partial charge in [0.25, 0.3) is 0 Å². The van der Waals surface area contributed by atoms with Gasteiger partial charge in [-0.05, 0) is 49.4 Å². The minimum atomic E-state index is -0.440. The van der Waals surface area contributed by atoms with Gasteiger partial charge >= 0.3 is 5.63 Å². The highest BCUT2D eigenvalue weighted by Crippen LogP contribution is 2.45. The number of carbonyl (C=O) groups is 1. The van der Waals surface area contributed by atoms with Gasteiger partial charge in [-0.15, -0.1) is 0 Å². The summed E-state index contributed by atoms with van der Waals surface area (Å²) < 4.78 is 17.5. The fourth-order valence-corrected chi connectivity index (χ4v) is 4.55. The molecule has 2 aliphatic rings.